The van der Waals surface area contributed by atoms with Crippen LogP contribution in [0, 0.1) is 0 Å². The van der Waals surface area contributed by atoms with Gasteiger partial charge in [-0.2, -0.15) is 0 Å². The number of thiophene rings is 1. The zero-order chi connectivity index (χ0) is 16.1. The van der Waals surface area contributed by atoms with E-state index in [9.17, 15) is 4.79 Å². The summed E-state index contributed by atoms with van der Waals surface area (Å²) in [5, 5.41) is 2.88. The van der Waals surface area contributed by atoms with Gasteiger partial charge in [0.2, 0.25) is 5.91 Å². The summed E-state index contributed by atoms with van der Waals surface area (Å²) in [6.07, 6.45) is 8.76. The van der Waals surface area contributed by atoms with Crippen molar-refractivity contribution in [3.05, 3.63) is 75.4 Å². The van der Waals surface area contributed by atoms with Gasteiger partial charge in [0.15, 0.2) is 0 Å². The quantitative estimate of drug-likeness (QED) is 0.671. The second kappa shape index (κ2) is 7.39. The number of halogens is 1. The van der Waals surface area contributed by atoms with Crippen molar-refractivity contribution in [2.45, 2.75) is 6.54 Å². The lowest BCUT2D eigenvalue weighted by Crippen LogP contribution is -2.20. The summed E-state index contributed by atoms with van der Waals surface area (Å²) in [7, 11) is 0. The minimum Gasteiger partial charge on any atom is -0.348 e. The Kier molecular flexibility index (Phi) is 5.05. The Balaban J connectivity index is 1.53. The number of hydrogen-bond acceptors (Lipinski definition) is 3. The van der Waals surface area contributed by atoms with Crippen molar-refractivity contribution in [2.75, 3.05) is 0 Å². The van der Waals surface area contributed by atoms with Gasteiger partial charge in [-0.1, -0.05) is 12.1 Å². The molecule has 6 heteroatoms. The molecule has 0 spiro atoms. The normalized spacial score (nSPS) is 11.0. The first-order valence-corrected chi connectivity index (χ1v) is 8.60. The Morgan fingerprint density at radius 3 is 2.74 bits per heavy atom. The van der Waals surface area contributed by atoms with E-state index in [1.54, 1.807) is 29.9 Å². The van der Waals surface area contributed by atoms with Crippen molar-refractivity contribution in [2.24, 2.45) is 0 Å². The maximum atomic E-state index is 11.8. The van der Waals surface area contributed by atoms with E-state index < -0.39 is 0 Å². The molecule has 0 atom stereocenters. The van der Waals surface area contributed by atoms with Crippen LogP contribution in [0.2, 0.25) is 0 Å². The lowest BCUT2D eigenvalue weighted by Gasteiger charge is -2.05. The van der Waals surface area contributed by atoms with Crippen LogP contribution in [0.5, 0.6) is 0 Å². The molecule has 0 radical (unpaired) electrons. The third-order valence-corrected chi connectivity index (χ3v) is 4.79. The number of rotatable bonds is 5. The van der Waals surface area contributed by atoms with Gasteiger partial charge in [0.25, 0.3) is 0 Å². The fourth-order valence-electron chi connectivity index (χ4n) is 2.02. The number of amides is 1. The molecule has 0 bridgehead atoms. The van der Waals surface area contributed by atoms with E-state index >= 15 is 0 Å². The summed E-state index contributed by atoms with van der Waals surface area (Å²) >= 11 is 4.99. The van der Waals surface area contributed by atoms with Crippen LogP contribution < -0.4 is 5.32 Å². The molecule has 2 heterocycles. The molecule has 1 N–H and O–H groups in total. The van der Waals surface area contributed by atoms with Crippen molar-refractivity contribution in [1.82, 2.24) is 14.9 Å². The van der Waals surface area contributed by atoms with Gasteiger partial charge in [0, 0.05) is 35.6 Å². The van der Waals surface area contributed by atoms with Crippen LogP contribution >= 0.6 is 27.3 Å². The molecule has 0 aliphatic carbocycles. The highest BCUT2D eigenvalue weighted by atomic mass is 79.9. The molecule has 0 saturated heterocycles. The van der Waals surface area contributed by atoms with Crippen LogP contribution in [0.25, 0.3) is 11.8 Å². The number of carbonyl (C=O) groups is 1. The van der Waals surface area contributed by atoms with E-state index in [1.807, 2.05) is 53.2 Å². The zero-order valence-corrected chi connectivity index (χ0v) is 14.5. The van der Waals surface area contributed by atoms with Gasteiger partial charge in [-0.3, -0.25) is 4.79 Å². The second-order valence-corrected chi connectivity index (χ2v) is 7.32. The predicted molar refractivity (Wildman–Crippen MR) is 96.5 cm³/mol. The number of carbonyl (C=O) groups excluding carboxylic acids is 1. The average molecular weight is 388 g/mol. The average Bonchev–Trinajstić information content (AvgIpc) is 3.23. The first-order valence-electron chi connectivity index (χ1n) is 6.99. The highest BCUT2D eigenvalue weighted by Gasteiger charge is 2.00. The molecule has 3 rings (SSSR count). The largest absolute Gasteiger partial charge is 0.348 e. The van der Waals surface area contributed by atoms with Crippen LogP contribution in [-0.4, -0.2) is 15.5 Å². The van der Waals surface area contributed by atoms with Crippen LogP contribution in [-0.2, 0) is 11.3 Å². The van der Waals surface area contributed by atoms with Gasteiger partial charge >= 0.3 is 0 Å². The van der Waals surface area contributed by atoms with Crippen molar-refractivity contribution in [1.29, 1.82) is 0 Å². The summed E-state index contributed by atoms with van der Waals surface area (Å²) in [4.78, 5) is 16.9. The monoisotopic (exact) mass is 387 g/mol. The molecule has 0 aliphatic rings. The summed E-state index contributed by atoms with van der Waals surface area (Å²) in [6, 6.07) is 11.9. The molecule has 0 fully saturated rings. The van der Waals surface area contributed by atoms with Crippen molar-refractivity contribution >= 4 is 39.2 Å². The molecule has 23 heavy (non-hydrogen) atoms. The van der Waals surface area contributed by atoms with Gasteiger partial charge in [0.05, 0.1) is 10.1 Å². The molecular weight excluding hydrogens is 374 g/mol. The van der Waals surface area contributed by atoms with Gasteiger partial charge in [0.1, 0.15) is 0 Å². The van der Waals surface area contributed by atoms with Gasteiger partial charge < -0.3 is 9.88 Å². The number of nitrogens with zero attached hydrogens (tertiary/aromatic N) is 2. The van der Waals surface area contributed by atoms with Crippen molar-refractivity contribution in [3.8, 4) is 5.69 Å². The van der Waals surface area contributed by atoms with Gasteiger partial charge in [-0.15, -0.1) is 11.3 Å². The van der Waals surface area contributed by atoms with Crippen molar-refractivity contribution < 1.29 is 4.79 Å². The predicted octanol–water partition coefficient (Wildman–Crippen LogP) is 4.03. The molecule has 1 amide bonds. The maximum absolute atomic E-state index is 11.8. The van der Waals surface area contributed by atoms with Crippen LogP contribution in [0.1, 0.15) is 10.4 Å². The second-order valence-electron chi connectivity index (χ2n) is 4.83. The van der Waals surface area contributed by atoms with Crippen LogP contribution in [0.15, 0.2) is 65.0 Å². The van der Waals surface area contributed by atoms with Crippen molar-refractivity contribution in [3.63, 3.8) is 0 Å². The number of benzene rings is 1. The van der Waals surface area contributed by atoms with E-state index in [0.717, 1.165) is 19.9 Å². The summed E-state index contributed by atoms with van der Waals surface area (Å²) < 4.78 is 2.99. The molecule has 4 nitrogen and oxygen atoms in total. The lowest BCUT2D eigenvalue weighted by molar-refractivity contribution is -0.116. The highest BCUT2D eigenvalue weighted by Crippen LogP contribution is 2.22. The van der Waals surface area contributed by atoms with Crippen LogP contribution in [0.4, 0.5) is 0 Å². The molecule has 2 aromatic heterocycles. The van der Waals surface area contributed by atoms with E-state index in [1.165, 1.54) is 0 Å². The molecule has 0 unspecified atom stereocenters. The highest BCUT2D eigenvalue weighted by molar-refractivity contribution is 9.11. The standard InChI is InChI=1S/C17H14BrN3OS/c18-16-7-5-15(23-16)6-8-17(22)20-11-13-1-3-14(4-2-13)21-10-9-19-12-21/h1-10,12H,11H2,(H,20,22)/b8-6+. The Morgan fingerprint density at radius 2 is 2.09 bits per heavy atom. The Hall–Kier alpha value is -2.18. The Labute approximate surface area is 146 Å². The number of imidazole rings is 1. The SMILES string of the molecule is O=C(/C=C/c1ccc(Br)s1)NCc1ccc(-n2ccnc2)cc1. The summed E-state index contributed by atoms with van der Waals surface area (Å²) in [6.45, 7) is 0.502. The molecule has 3 aromatic rings. The van der Waals surface area contributed by atoms with Crippen LogP contribution in [0.3, 0.4) is 0 Å². The Bertz CT molecular complexity index is 807. The molecule has 0 saturated carbocycles. The van der Waals surface area contributed by atoms with Gasteiger partial charge in [-0.25, -0.2) is 4.98 Å². The fourth-order valence-corrected chi connectivity index (χ4v) is 3.35. The summed E-state index contributed by atoms with van der Waals surface area (Å²) in [5.74, 6) is -0.104. The first kappa shape index (κ1) is 15.7. The Morgan fingerprint density at radius 1 is 1.26 bits per heavy atom. The van der Waals surface area contributed by atoms with E-state index in [2.05, 4.69) is 26.2 Å². The molecule has 0 aliphatic heterocycles. The minimum absolute atomic E-state index is 0.104. The maximum Gasteiger partial charge on any atom is 0.244 e. The smallest absolute Gasteiger partial charge is 0.244 e. The number of aromatic nitrogens is 2. The van der Waals surface area contributed by atoms with E-state index in [0.29, 0.717) is 6.54 Å². The third-order valence-electron chi connectivity index (χ3n) is 3.20. The van der Waals surface area contributed by atoms with E-state index in [-0.39, 0.29) is 5.91 Å². The topological polar surface area (TPSA) is 46.9 Å². The molecular formula is C17H14BrN3OS. The third kappa shape index (κ3) is 4.40. The van der Waals surface area contributed by atoms with Gasteiger partial charge in [-0.05, 0) is 51.8 Å². The summed E-state index contributed by atoms with van der Waals surface area (Å²) in [5.41, 5.74) is 2.09. The van der Waals surface area contributed by atoms with E-state index in [4.69, 9.17) is 0 Å². The first-order chi connectivity index (χ1) is 11.2. The number of nitrogens with one attached hydrogen (secondary N) is 1. The minimum atomic E-state index is -0.104. The number of hydrogen-bond donors (Lipinski definition) is 1. The molecule has 116 valence electrons. The lowest BCUT2D eigenvalue weighted by atomic mass is 10.2. The zero-order valence-electron chi connectivity index (χ0n) is 12.1. The fraction of sp³-hybridized carbons (Fsp3) is 0.0588. The molecule has 1 aromatic carbocycles.